The number of rotatable bonds is 23. The monoisotopic (exact) mass is 652 g/mol. The average Bonchev–Trinajstić information content (AvgIpc) is 3.07. The zero-order chi connectivity index (χ0) is 34.3. The molecular weight excluding hydrogens is 604 g/mol. The molecule has 0 N–H and O–H groups in total. The number of hydrogen-bond acceptors (Lipinski definition) is 10. The molecule has 0 radical (unpaired) electrons. The molecule has 0 atom stereocenters. The maximum atomic E-state index is 12.2. The van der Waals surface area contributed by atoms with E-state index in [1.54, 1.807) is 57.4 Å². The topological polar surface area (TPSA) is 116 Å². The molecule has 0 amide bonds. The highest BCUT2D eigenvalue weighted by molar-refractivity contribution is 5.88. The first-order valence-electron chi connectivity index (χ1n) is 15.9. The molecule has 0 aliphatic rings. The summed E-state index contributed by atoms with van der Waals surface area (Å²) in [5.41, 5.74) is 1.96. The van der Waals surface area contributed by atoms with Gasteiger partial charge in [-0.1, -0.05) is 44.4 Å². The molecule has 0 heterocycles. The first-order chi connectivity index (χ1) is 22.8. The molecule has 0 aliphatic carbocycles. The fraction of sp³-hybridized carbons (Fsp3) is 0.432. The second-order valence-electron chi connectivity index (χ2n) is 10.5. The maximum Gasteiger partial charge on any atom is 0.333 e. The van der Waals surface area contributed by atoms with Crippen molar-refractivity contribution >= 4 is 30.1 Å². The second-order valence-corrected chi connectivity index (χ2v) is 10.5. The Hall–Kier alpha value is -4.73. The molecule has 10 nitrogen and oxygen atoms in total. The van der Waals surface area contributed by atoms with Crippen LogP contribution < -0.4 is 18.9 Å². The summed E-state index contributed by atoms with van der Waals surface area (Å²) in [6.45, 7) is 8.79. The molecule has 2 aromatic carbocycles. The Bertz CT molecular complexity index is 1340. The zero-order valence-electron chi connectivity index (χ0n) is 28.0. The van der Waals surface area contributed by atoms with Gasteiger partial charge in [0.1, 0.15) is 0 Å². The van der Waals surface area contributed by atoms with Gasteiger partial charge in [0.25, 0.3) is 0 Å². The highest BCUT2D eigenvalue weighted by atomic mass is 16.5. The number of methoxy groups -OCH3 is 2. The number of ether oxygens (including phenoxy) is 7. The van der Waals surface area contributed by atoms with Crippen molar-refractivity contribution in [1.29, 1.82) is 0 Å². The van der Waals surface area contributed by atoms with E-state index in [1.807, 2.05) is 12.1 Å². The summed E-state index contributed by atoms with van der Waals surface area (Å²) in [5, 5.41) is 0. The Kier molecular flexibility index (Phi) is 18.6. The van der Waals surface area contributed by atoms with Crippen LogP contribution in [0.25, 0.3) is 12.2 Å². The first-order valence-corrected chi connectivity index (χ1v) is 15.9. The molecule has 10 heteroatoms. The Balaban J connectivity index is 1.66. The SMILES string of the molecule is C=C(C)C(=O)OCCCCCCCCOc1ccc(C=CC(=O)OCCCOc2ccc(C=CC(=O)OCC)cc2OC)cc1OC. The third-order valence-electron chi connectivity index (χ3n) is 6.65. The van der Waals surface area contributed by atoms with Gasteiger partial charge in [-0.25, -0.2) is 14.4 Å². The highest BCUT2D eigenvalue weighted by Crippen LogP contribution is 2.30. The van der Waals surface area contributed by atoms with E-state index < -0.39 is 11.9 Å². The Morgan fingerprint density at radius 1 is 0.617 bits per heavy atom. The van der Waals surface area contributed by atoms with Crippen molar-refractivity contribution in [2.75, 3.05) is 47.3 Å². The lowest BCUT2D eigenvalue weighted by Gasteiger charge is -2.11. The standard InChI is InChI=1S/C37H48O10/c1-6-43-35(38)20-16-29-15-19-32(34(26-29)42-5)45-24-13-25-46-36(39)21-17-30-14-18-31(33(27-30)41-4)44-22-11-9-7-8-10-12-23-47-37(40)28(2)3/h14-21,26-27H,2,6-13,22-25H2,1,3-5H3. The minimum absolute atomic E-state index is 0.187. The Morgan fingerprint density at radius 2 is 1.09 bits per heavy atom. The number of unbranched alkanes of at least 4 members (excludes halogenated alkanes) is 5. The molecule has 47 heavy (non-hydrogen) atoms. The van der Waals surface area contributed by atoms with Gasteiger partial charge in [0, 0.05) is 24.1 Å². The normalized spacial score (nSPS) is 10.9. The summed E-state index contributed by atoms with van der Waals surface area (Å²) in [7, 11) is 3.11. The van der Waals surface area contributed by atoms with Gasteiger partial charge in [-0.05, 0) is 74.2 Å². The number of carbonyl (C=O) groups excluding carboxylic acids is 3. The van der Waals surface area contributed by atoms with Crippen molar-refractivity contribution in [3.63, 3.8) is 0 Å². The lowest BCUT2D eigenvalue weighted by molar-refractivity contribution is -0.139. The highest BCUT2D eigenvalue weighted by Gasteiger charge is 2.08. The van der Waals surface area contributed by atoms with Crippen molar-refractivity contribution in [2.45, 2.75) is 58.8 Å². The number of esters is 3. The van der Waals surface area contributed by atoms with E-state index in [9.17, 15) is 14.4 Å². The molecule has 0 unspecified atom stereocenters. The van der Waals surface area contributed by atoms with E-state index in [2.05, 4.69) is 6.58 Å². The van der Waals surface area contributed by atoms with E-state index in [-0.39, 0.29) is 12.6 Å². The van der Waals surface area contributed by atoms with Crippen molar-refractivity contribution < 1.29 is 47.5 Å². The lowest BCUT2D eigenvalue weighted by atomic mass is 10.1. The van der Waals surface area contributed by atoms with Gasteiger partial charge >= 0.3 is 17.9 Å². The predicted molar refractivity (Wildman–Crippen MR) is 181 cm³/mol. The van der Waals surface area contributed by atoms with Crippen molar-refractivity contribution in [3.8, 4) is 23.0 Å². The molecule has 0 aliphatic heterocycles. The molecule has 256 valence electrons. The van der Waals surface area contributed by atoms with Crippen LogP contribution >= 0.6 is 0 Å². The van der Waals surface area contributed by atoms with Gasteiger partial charge in [-0.2, -0.15) is 0 Å². The molecule has 0 aromatic heterocycles. The van der Waals surface area contributed by atoms with Crippen LogP contribution in [-0.2, 0) is 28.6 Å². The van der Waals surface area contributed by atoms with Crippen molar-refractivity contribution in [2.24, 2.45) is 0 Å². The van der Waals surface area contributed by atoms with Crippen LogP contribution in [0.5, 0.6) is 23.0 Å². The third-order valence-corrected chi connectivity index (χ3v) is 6.65. The van der Waals surface area contributed by atoms with E-state index in [4.69, 9.17) is 33.2 Å². The largest absolute Gasteiger partial charge is 0.493 e. The van der Waals surface area contributed by atoms with E-state index in [1.165, 1.54) is 19.3 Å². The second kappa shape index (κ2) is 22.7. The minimum atomic E-state index is -0.465. The average molecular weight is 653 g/mol. The Labute approximate surface area is 278 Å². The molecule has 2 aromatic rings. The van der Waals surface area contributed by atoms with Crippen molar-refractivity contribution in [3.05, 3.63) is 71.8 Å². The van der Waals surface area contributed by atoms with Crippen LogP contribution in [0.3, 0.4) is 0 Å². The minimum Gasteiger partial charge on any atom is -0.493 e. The summed E-state index contributed by atoms with van der Waals surface area (Å²) in [4.78, 5) is 35.1. The van der Waals surface area contributed by atoms with Crippen LogP contribution in [0, 0.1) is 0 Å². The molecule has 0 bridgehead atoms. The molecule has 0 saturated heterocycles. The maximum absolute atomic E-state index is 12.2. The van der Waals surface area contributed by atoms with Gasteiger partial charge in [-0.3, -0.25) is 0 Å². The van der Waals surface area contributed by atoms with E-state index in [0.717, 1.165) is 49.7 Å². The third kappa shape index (κ3) is 15.9. The van der Waals surface area contributed by atoms with Gasteiger partial charge in [-0.15, -0.1) is 0 Å². The predicted octanol–water partition coefficient (Wildman–Crippen LogP) is 7.14. The molecule has 0 spiro atoms. The smallest absolute Gasteiger partial charge is 0.333 e. The Morgan fingerprint density at radius 3 is 1.60 bits per heavy atom. The fourth-order valence-electron chi connectivity index (χ4n) is 4.18. The van der Waals surface area contributed by atoms with Crippen molar-refractivity contribution in [1.82, 2.24) is 0 Å². The molecule has 0 saturated carbocycles. The summed E-state index contributed by atoms with van der Waals surface area (Å²) in [5.74, 6) is 1.08. The molecule has 0 fully saturated rings. The summed E-state index contributed by atoms with van der Waals surface area (Å²) in [6, 6.07) is 10.8. The van der Waals surface area contributed by atoms with Crippen LogP contribution in [0.4, 0.5) is 0 Å². The van der Waals surface area contributed by atoms with Crippen LogP contribution in [0.1, 0.15) is 69.9 Å². The number of benzene rings is 2. The number of carbonyl (C=O) groups is 3. The van der Waals surface area contributed by atoms with Crippen LogP contribution in [-0.4, -0.2) is 65.2 Å². The summed E-state index contributed by atoms with van der Waals surface area (Å²) >= 11 is 0. The van der Waals surface area contributed by atoms with Crippen LogP contribution in [0.2, 0.25) is 0 Å². The number of hydrogen-bond donors (Lipinski definition) is 0. The molecular formula is C37H48O10. The van der Waals surface area contributed by atoms with E-state index >= 15 is 0 Å². The first kappa shape index (κ1) is 38.5. The lowest BCUT2D eigenvalue weighted by Crippen LogP contribution is -2.07. The summed E-state index contributed by atoms with van der Waals surface area (Å²) in [6.07, 6.45) is 12.5. The van der Waals surface area contributed by atoms with E-state index in [0.29, 0.717) is 61.4 Å². The zero-order valence-corrected chi connectivity index (χ0v) is 28.0. The van der Waals surface area contributed by atoms with Crippen LogP contribution in [0.15, 0.2) is 60.7 Å². The van der Waals surface area contributed by atoms with Gasteiger partial charge in [0.15, 0.2) is 23.0 Å². The fourth-order valence-corrected chi connectivity index (χ4v) is 4.18. The van der Waals surface area contributed by atoms with Gasteiger partial charge < -0.3 is 33.2 Å². The summed E-state index contributed by atoms with van der Waals surface area (Å²) < 4.78 is 37.8. The molecule has 2 rings (SSSR count). The van der Waals surface area contributed by atoms with Gasteiger partial charge in [0.05, 0.1) is 47.3 Å². The van der Waals surface area contributed by atoms with Gasteiger partial charge in [0.2, 0.25) is 0 Å². The quantitative estimate of drug-likeness (QED) is 0.0531.